The number of hydrogen-bond donors (Lipinski definition) is 0. The second-order valence-electron chi connectivity index (χ2n) is 6.67. The Balaban J connectivity index is 1.47. The van der Waals surface area contributed by atoms with E-state index in [9.17, 15) is 14.4 Å². The Morgan fingerprint density at radius 2 is 0.875 bits per heavy atom. The van der Waals surface area contributed by atoms with Crippen LogP contribution in [0.2, 0.25) is 0 Å². The zero-order chi connectivity index (χ0) is 16.1. The molecule has 0 radical (unpaired) electrons. The minimum absolute atomic E-state index is 0.294. The number of aromatic nitrogens is 3. The van der Waals surface area contributed by atoms with Gasteiger partial charge >= 0.3 is 17.1 Å². The monoisotopic (exact) mass is 339 g/mol. The first-order chi connectivity index (χ1) is 11.5. The number of ether oxygens (including phenoxy) is 6. The summed E-state index contributed by atoms with van der Waals surface area (Å²) >= 11 is 0. The van der Waals surface area contributed by atoms with Crippen molar-refractivity contribution in [3.63, 3.8) is 0 Å². The Hall–Kier alpha value is -1.83. The standard InChI is InChI=1S/C12H9N3O9/c16-7-13(4-10(22-4)1-19-10)8(17)15(6-12(24-6)3-21-12)9(18)14(7)5-11(23-5)2-20-11/h4-6H,1-3H2. The smallest absolute Gasteiger partial charge is 0.338 e. The lowest BCUT2D eigenvalue weighted by atomic mass is 10.4. The summed E-state index contributed by atoms with van der Waals surface area (Å²) in [6.07, 6.45) is -2.58. The fourth-order valence-electron chi connectivity index (χ4n) is 3.25. The molecule has 6 unspecified atom stereocenters. The molecule has 6 saturated heterocycles. The Labute approximate surface area is 130 Å². The van der Waals surface area contributed by atoms with Crippen LogP contribution in [0.1, 0.15) is 18.7 Å². The third kappa shape index (κ3) is 1.28. The lowest BCUT2D eigenvalue weighted by molar-refractivity contribution is 0.230. The van der Waals surface area contributed by atoms with E-state index in [1.54, 1.807) is 0 Å². The first-order valence-electron chi connectivity index (χ1n) is 7.45. The van der Waals surface area contributed by atoms with E-state index in [0.717, 1.165) is 13.7 Å². The van der Waals surface area contributed by atoms with Crippen LogP contribution in [-0.4, -0.2) is 50.9 Å². The van der Waals surface area contributed by atoms with Crippen molar-refractivity contribution in [3.8, 4) is 0 Å². The van der Waals surface area contributed by atoms with Gasteiger partial charge in [-0.15, -0.1) is 0 Å². The van der Waals surface area contributed by atoms with Crippen molar-refractivity contribution in [2.75, 3.05) is 19.8 Å². The summed E-state index contributed by atoms with van der Waals surface area (Å²) in [6, 6.07) is 0. The molecule has 0 amide bonds. The van der Waals surface area contributed by atoms with Crippen LogP contribution in [0.5, 0.6) is 0 Å². The van der Waals surface area contributed by atoms with Crippen molar-refractivity contribution >= 4 is 0 Å². The highest BCUT2D eigenvalue weighted by molar-refractivity contribution is 5.09. The summed E-state index contributed by atoms with van der Waals surface area (Å²) in [5.41, 5.74) is -2.45. The molecular weight excluding hydrogens is 330 g/mol. The van der Waals surface area contributed by atoms with Crippen LogP contribution in [0, 0.1) is 0 Å². The largest absolute Gasteiger partial charge is 0.341 e. The molecule has 0 aromatic carbocycles. The summed E-state index contributed by atoms with van der Waals surface area (Å²) in [5.74, 6) is -2.75. The molecule has 6 atom stereocenters. The minimum atomic E-state index is -0.917. The third-order valence-corrected chi connectivity index (χ3v) is 5.12. The highest BCUT2D eigenvalue weighted by Crippen LogP contribution is 2.58. The van der Waals surface area contributed by atoms with Gasteiger partial charge in [-0.3, -0.25) is 0 Å². The molecule has 7 heterocycles. The van der Waals surface area contributed by atoms with Gasteiger partial charge in [0.1, 0.15) is 19.8 Å². The molecule has 126 valence electrons. The molecule has 12 heteroatoms. The van der Waals surface area contributed by atoms with E-state index in [4.69, 9.17) is 28.4 Å². The van der Waals surface area contributed by atoms with Gasteiger partial charge in [0.2, 0.25) is 36.0 Å². The van der Waals surface area contributed by atoms with Gasteiger partial charge < -0.3 is 28.4 Å². The van der Waals surface area contributed by atoms with E-state index in [1.165, 1.54) is 0 Å². The average molecular weight is 339 g/mol. The van der Waals surface area contributed by atoms with Crippen molar-refractivity contribution < 1.29 is 28.4 Å². The quantitative estimate of drug-likeness (QED) is 0.525. The second-order valence-corrected chi connectivity index (χ2v) is 6.67. The Bertz CT molecular complexity index is 849. The van der Waals surface area contributed by atoms with Crippen molar-refractivity contribution in [1.29, 1.82) is 0 Å². The number of epoxide rings is 6. The maximum absolute atomic E-state index is 12.7. The summed E-state index contributed by atoms with van der Waals surface area (Å²) in [7, 11) is 0. The SMILES string of the molecule is O=c1n(C2OC23CO3)c(=O)n(C2OC23CO3)c(=O)n1C1OC12CO2. The van der Waals surface area contributed by atoms with E-state index in [-0.39, 0.29) is 0 Å². The van der Waals surface area contributed by atoms with Gasteiger partial charge in [0, 0.05) is 0 Å². The van der Waals surface area contributed by atoms with Crippen LogP contribution in [0.25, 0.3) is 0 Å². The van der Waals surface area contributed by atoms with Gasteiger partial charge in [0.05, 0.1) is 0 Å². The molecule has 0 N–H and O–H groups in total. The molecule has 12 nitrogen and oxygen atoms in total. The van der Waals surface area contributed by atoms with E-state index in [0.29, 0.717) is 19.8 Å². The molecule has 3 spiro atoms. The van der Waals surface area contributed by atoms with Gasteiger partial charge in [-0.1, -0.05) is 0 Å². The molecule has 0 aliphatic carbocycles. The van der Waals surface area contributed by atoms with Gasteiger partial charge in [-0.25, -0.2) is 28.1 Å². The predicted octanol–water partition coefficient (Wildman–Crippen LogP) is -3.06. The molecule has 24 heavy (non-hydrogen) atoms. The van der Waals surface area contributed by atoms with Crippen LogP contribution in [0.4, 0.5) is 0 Å². The zero-order valence-corrected chi connectivity index (χ0v) is 11.9. The van der Waals surface area contributed by atoms with E-state index in [2.05, 4.69) is 0 Å². The van der Waals surface area contributed by atoms with Crippen molar-refractivity contribution in [2.24, 2.45) is 0 Å². The van der Waals surface area contributed by atoms with E-state index >= 15 is 0 Å². The number of hydrogen-bond acceptors (Lipinski definition) is 9. The average Bonchev–Trinajstić information content (AvgIpc) is 3.34. The molecule has 6 aliphatic rings. The van der Waals surface area contributed by atoms with Gasteiger partial charge in [0.15, 0.2) is 0 Å². The van der Waals surface area contributed by atoms with E-state index < -0.39 is 53.1 Å². The Morgan fingerprint density at radius 3 is 1.04 bits per heavy atom. The maximum Gasteiger partial charge on any atom is 0.341 e. The Kier molecular flexibility index (Phi) is 1.65. The first-order valence-corrected chi connectivity index (χ1v) is 7.45. The molecule has 6 aliphatic heterocycles. The molecule has 6 fully saturated rings. The predicted molar refractivity (Wildman–Crippen MR) is 65.6 cm³/mol. The van der Waals surface area contributed by atoms with Gasteiger partial charge in [-0.2, -0.15) is 0 Å². The zero-order valence-electron chi connectivity index (χ0n) is 11.9. The van der Waals surface area contributed by atoms with Crippen molar-refractivity contribution in [1.82, 2.24) is 13.7 Å². The lowest BCUT2D eigenvalue weighted by Gasteiger charge is -2.09. The third-order valence-electron chi connectivity index (χ3n) is 5.12. The molecule has 0 saturated carbocycles. The summed E-state index contributed by atoms with van der Waals surface area (Å²) in [4.78, 5) is 38.2. The number of nitrogens with zero attached hydrogens (tertiary/aromatic N) is 3. The first kappa shape index (κ1) is 12.5. The van der Waals surface area contributed by atoms with Crippen molar-refractivity contribution in [2.45, 2.75) is 36.0 Å². The van der Waals surface area contributed by atoms with Crippen LogP contribution < -0.4 is 17.1 Å². The highest BCUT2D eigenvalue weighted by Gasteiger charge is 2.75. The molecule has 1 aromatic heterocycles. The highest BCUT2D eigenvalue weighted by atomic mass is 16.9. The van der Waals surface area contributed by atoms with Crippen LogP contribution >= 0.6 is 0 Å². The maximum atomic E-state index is 12.7. The molecule has 1 aromatic rings. The minimum Gasteiger partial charge on any atom is -0.338 e. The summed E-state index contributed by atoms with van der Waals surface area (Å²) < 4.78 is 33.9. The summed E-state index contributed by atoms with van der Waals surface area (Å²) in [5, 5.41) is 0. The second kappa shape index (κ2) is 3.16. The Morgan fingerprint density at radius 1 is 0.625 bits per heavy atom. The van der Waals surface area contributed by atoms with Crippen LogP contribution in [0.15, 0.2) is 14.4 Å². The van der Waals surface area contributed by atoms with Crippen molar-refractivity contribution in [3.05, 3.63) is 31.5 Å². The summed E-state index contributed by atoms with van der Waals surface area (Å²) in [6.45, 7) is 0.883. The lowest BCUT2D eigenvalue weighted by Crippen LogP contribution is -2.55. The molecule has 0 bridgehead atoms. The topological polar surface area (TPSA) is 141 Å². The fourth-order valence-corrected chi connectivity index (χ4v) is 3.25. The van der Waals surface area contributed by atoms with Gasteiger partial charge in [0.25, 0.3) is 0 Å². The van der Waals surface area contributed by atoms with Gasteiger partial charge in [-0.05, 0) is 0 Å². The van der Waals surface area contributed by atoms with Crippen LogP contribution in [0.3, 0.4) is 0 Å². The normalized spacial score (nSPS) is 51.2. The number of rotatable bonds is 3. The molecular formula is C12H9N3O9. The molecule has 7 rings (SSSR count). The fraction of sp³-hybridized carbons (Fsp3) is 0.750. The van der Waals surface area contributed by atoms with Crippen LogP contribution in [-0.2, 0) is 28.4 Å². The van der Waals surface area contributed by atoms with E-state index in [1.807, 2.05) is 0 Å².